The van der Waals surface area contributed by atoms with Crippen LogP contribution >= 0.6 is 15.9 Å². The smallest absolute Gasteiger partial charge is 0.305 e. The predicted molar refractivity (Wildman–Crippen MR) is 274 cm³/mol. The summed E-state index contributed by atoms with van der Waals surface area (Å²) >= 11 is 3.61. The minimum Gasteiger partial charge on any atom is -0.465 e. The molecule has 0 aliphatic rings. The summed E-state index contributed by atoms with van der Waals surface area (Å²) in [5.41, 5.74) is -0.821. The number of esters is 3. The number of hydrogen-bond donors (Lipinski definition) is 0. The first-order chi connectivity index (χ1) is 30.5. The van der Waals surface area contributed by atoms with E-state index in [0.29, 0.717) is 24.6 Å². The summed E-state index contributed by atoms with van der Waals surface area (Å²) in [6.45, 7) is 14.0. The van der Waals surface area contributed by atoms with Gasteiger partial charge in [0, 0.05) is 24.6 Å². The molecule has 6 nitrogen and oxygen atoms in total. The maximum Gasteiger partial charge on any atom is 0.305 e. The van der Waals surface area contributed by atoms with Crippen LogP contribution in [0.4, 0.5) is 0 Å². The first kappa shape index (κ1) is 61.9. The van der Waals surface area contributed by atoms with E-state index in [1.165, 1.54) is 173 Å². The van der Waals surface area contributed by atoms with Crippen LogP contribution in [0.1, 0.15) is 292 Å². The second-order valence-electron chi connectivity index (χ2n) is 21.1. The highest BCUT2D eigenvalue weighted by Gasteiger charge is 2.35. The van der Waals surface area contributed by atoms with Crippen molar-refractivity contribution in [1.29, 1.82) is 0 Å². The molecule has 0 fully saturated rings. The average molecular weight is 956 g/mol. The molecule has 0 saturated carbocycles. The Morgan fingerprint density at radius 1 is 0.317 bits per heavy atom. The maximum absolute atomic E-state index is 12.9. The highest BCUT2D eigenvalue weighted by molar-refractivity contribution is 9.09. The van der Waals surface area contributed by atoms with Crippen LogP contribution < -0.4 is 0 Å². The van der Waals surface area contributed by atoms with E-state index in [2.05, 4.69) is 57.5 Å². The fourth-order valence-corrected chi connectivity index (χ4v) is 8.88. The molecule has 0 aromatic carbocycles. The highest BCUT2D eigenvalue weighted by Crippen LogP contribution is 2.25. The third-order valence-corrected chi connectivity index (χ3v) is 14.1. The Morgan fingerprint density at radius 3 is 0.667 bits per heavy atom. The van der Waals surface area contributed by atoms with Gasteiger partial charge in [0.15, 0.2) is 0 Å². The van der Waals surface area contributed by atoms with E-state index in [1.807, 2.05) is 0 Å². The molecule has 374 valence electrons. The Hall–Kier alpha value is -1.11. The van der Waals surface area contributed by atoms with E-state index >= 15 is 0 Å². The lowest BCUT2D eigenvalue weighted by molar-refractivity contribution is -0.160. The predicted octanol–water partition coefficient (Wildman–Crippen LogP) is 18.2. The third-order valence-electron chi connectivity index (χ3n) is 12.9. The summed E-state index contributed by atoms with van der Waals surface area (Å²) in [5, 5.41) is 0.391. The second kappa shape index (κ2) is 46.0. The summed E-state index contributed by atoms with van der Waals surface area (Å²) in [6.07, 6.45) is 46.1. The molecule has 0 heterocycles. The highest BCUT2D eigenvalue weighted by atomic mass is 79.9. The minimum absolute atomic E-state index is 0.0466. The van der Waals surface area contributed by atoms with Gasteiger partial charge < -0.3 is 14.2 Å². The summed E-state index contributed by atoms with van der Waals surface area (Å²) in [5.74, 6) is 1.76. The van der Waals surface area contributed by atoms with Gasteiger partial charge >= 0.3 is 17.9 Å². The number of carbonyl (C=O) groups is 3. The number of ether oxygens (including phenoxy) is 3. The Balaban J connectivity index is 4.57. The SMILES string of the molecule is CC(C)CCCCCCCCCCCCCC(=O)OCC(CBr)(COC(=O)CCCCCCCCCCCCCC(C)C)COC(=O)CCCCCCCCCCCCCC(C)C. The fraction of sp³-hybridized carbons (Fsp3) is 0.946. The van der Waals surface area contributed by atoms with Crippen molar-refractivity contribution in [2.24, 2.45) is 23.2 Å². The second-order valence-corrected chi connectivity index (χ2v) is 21.6. The summed E-state index contributed by atoms with van der Waals surface area (Å²) in [7, 11) is 0. The molecular formula is C56H107BrO6. The van der Waals surface area contributed by atoms with Crippen molar-refractivity contribution in [1.82, 2.24) is 0 Å². The first-order valence-corrected chi connectivity index (χ1v) is 28.6. The Kier molecular flexibility index (Phi) is 45.2. The summed E-state index contributed by atoms with van der Waals surface area (Å²) < 4.78 is 17.4. The van der Waals surface area contributed by atoms with E-state index in [9.17, 15) is 14.4 Å². The number of unbranched alkanes of at least 4 members (excludes halogenated alkanes) is 30. The van der Waals surface area contributed by atoms with Crippen LogP contribution in [-0.2, 0) is 28.6 Å². The van der Waals surface area contributed by atoms with Crippen molar-refractivity contribution in [3.05, 3.63) is 0 Å². The van der Waals surface area contributed by atoms with Gasteiger partial charge in [-0.15, -0.1) is 0 Å². The van der Waals surface area contributed by atoms with Gasteiger partial charge in [-0.25, -0.2) is 0 Å². The molecule has 0 aliphatic carbocycles. The van der Waals surface area contributed by atoms with Gasteiger partial charge in [0.2, 0.25) is 0 Å². The van der Waals surface area contributed by atoms with Gasteiger partial charge in [-0.1, -0.05) is 269 Å². The zero-order valence-corrected chi connectivity index (χ0v) is 44.6. The molecule has 0 aliphatic heterocycles. The zero-order chi connectivity index (χ0) is 46.5. The minimum atomic E-state index is -0.821. The van der Waals surface area contributed by atoms with Crippen LogP contribution in [0.25, 0.3) is 0 Å². The number of carbonyl (C=O) groups excluding carboxylic acids is 3. The van der Waals surface area contributed by atoms with Crippen LogP contribution in [0.5, 0.6) is 0 Å². The van der Waals surface area contributed by atoms with Crippen molar-refractivity contribution in [3.8, 4) is 0 Å². The molecule has 0 amide bonds. The van der Waals surface area contributed by atoms with Crippen molar-refractivity contribution < 1.29 is 28.6 Å². The lowest BCUT2D eigenvalue weighted by Crippen LogP contribution is -2.41. The molecule has 0 bridgehead atoms. The van der Waals surface area contributed by atoms with E-state index in [1.54, 1.807) is 0 Å². The van der Waals surface area contributed by atoms with Gasteiger partial charge in [-0.3, -0.25) is 14.4 Å². The molecule has 0 aromatic rings. The molecule has 0 spiro atoms. The number of alkyl halides is 1. The molecule has 0 radical (unpaired) electrons. The maximum atomic E-state index is 12.9. The first-order valence-electron chi connectivity index (χ1n) is 27.5. The molecule has 7 heteroatoms. The zero-order valence-electron chi connectivity index (χ0n) is 43.0. The van der Waals surface area contributed by atoms with Crippen LogP contribution in [0.15, 0.2) is 0 Å². The van der Waals surface area contributed by atoms with Crippen LogP contribution in [0.2, 0.25) is 0 Å². The Labute approximate surface area is 401 Å². The van der Waals surface area contributed by atoms with Crippen LogP contribution in [0.3, 0.4) is 0 Å². The molecule has 0 unspecified atom stereocenters. The van der Waals surface area contributed by atoms with E-state index < -0.39 is 5.41 Å². The summed E-state index contributed by atoms with van der Waals surface area (Å²) in [4.78, 5) is 38.6. The molecule has 0 atom stereocenters. The van der Waals surface area contributed by atoms with E-state index in [0.717, 1.165) is 75.5 Å². The lowest BCUT2D eigenvalue weighted by Gasteiger charge is -2.30. The lowest BCUT2D eigenvalue weighted by atomic mass is 9.94. The summed E-state index contributed by atoms with van der Waals surface area (Å²) in [6, 6.07) is 0. The Morgan fingerprint density at radius 2 is 0.492 bits per heavy atom. The number of rotatable bonds is 49. The molecule has 0 rings (SSSR count). The van der Waals surface area contributed by atoms with E-state index in [4.69, 9.17) is 14.2 Å². The van der Waals surface area contributed by atoms with Gasteiger partial charge in [0.25, 0.3) is 0 Å². The van der Waals surface area contributed by atoms with Crippen LogP contribution in [-0.4, -0.2) is 43.1 Å². The van der Waals surface area contributed by atoms with Crippen molar-refractivity contribution in [2.75, 3.05) is 25.2 Å². The van der Waals surface area contributed by atoms with Crippen molar-refractivity contribution in [3.63, 3.8) is 0 Å². The number of hydrogen-bond acceptors (Lipinski definition) is 6. The third kappa shape index (κ3) is 45.8. The molecule has 0 N–H and O–H groups in total. The van der Waals surface area contributed by atoms with Gasteiger partial charge in [0.05, 0.1) is 5.41 Å². The monoisotopic (exact) mass is 955 g/mol. The van der Waals surface area contributed by atoms with Gasteiger partial charge in [-0.2, -0.15) is 0 Å². The molecule has 63 heavy (non-hydrogen) atoms. The molecular weight excluding hydrogens is 849 g/mol. The Bertz CT molecular complexity index is 890. The van der Waals surface area contributed by atoms with Gasteiger partial charge in [-0.05, 0) is 37.0 Å². The molecule has 0 saturated heterocycles. The number of halogens is 1. The standard InChI is InChI=1S/C56H107BrO6/c1-50(2)40-34-28-22-16-10-7-13-19-25-31-37-43-53(58)61-47-56(46-57,48-62-54(59)44-38-32-26-20-14-8-11-17-23-29-35-41-51(3)4)49-63-55(60)45-39-33-27-21-15-9-12-18-24-30-36-42-52(5)6/h50-52H,7-49H2,1-6H3. The topological polar surface area (TPSA) is 78.9 Å². The average Bonchev–Trinajstić information content (AvgIpc) is 3.25. The van der Waals surface area contributed by atoms with Crippen molar-refractivity contribution >= 4 is 33.8 Å². The molecule has 0 aromatic heterocycles. The van der Waals surface area contributed by atoms with Crippen molar-refractivity contribution in [2.45, 2.75) is 292 Å². The quantitative estimate of drug-likeness (QED) is 0.0262. The van der Waals surface area contributed by atoms with Gasteiger partial charge in [0.1, 0.15) is 19.8 Å². The largest absolute Gasteiger partial charge is 0.465 e. The van der Waals surface area contributed by atoms with E-state index in [-0.39, 0.29) is 37.7 Å². The van der Waals surface area contributed by atoms with Crippen LogP contribution in [0, 0.1) is 23.2 Å². The fourth-order valence-electron chi connectivity index (χ4n) is 8.40. The normalized spacial score (nSPS) is 11.9.